The standard InChI is InChI=1S/C19H19F3N4O2/c1-28-17-12(9-10-5-4-8-13(10)23-17)16(27)26-18-24-14-7-3-2-6-11(14)15(25-18)19(20,21)22/h9H,2-8H2,1H3,(H,24,25,26,27). The number of hydrogen-bond donors (Lipinski definition) is 1. The number of pyridine rings is 1. The van der Waals surface area contributed by atoms with Crippen molar-refractivity contribution >= 4 is 11.9 Å². The van der Waals surface area contributed by atoms with Gasteiger partial charge in [-0.25, -0.2) is 15.0 Å². The van der Waals surface area contributed by atoms with Crippen molar-refractivity contribution in [3.8, 4) is 5.88 Å². The van der Waals surface area contributed by atoms with E-state index in [9.17, 15) is 18.0 Å². The van der Waals surface area contributed by atoms with Gasteiger partial charge in [0.2, 0.25) is 11.8 Å². The quantitative estimate of drug-likeness (QED) is 0.865. The average molecular weight is 392 g/mol. The van der Waals surface area contributed by atoms with Gasteiger partial charge in [-0.3, -0.25) is 10.1 Å². The molecule has 0 fully saturated rings. The van der Waals surface area contributed by atoms with Crippen LogP contribution in [-0.2, 0) is 31.9 Å². The van der Waals surface area contributed by atoms with Gasteiger partial charge in [-0.1, -0.05) is 0 Å². The van der Waals surface area contributed by atoms with E-state index in [4.69, 9.17) is 4.74 Å². The van der Waals surface area contributed by atoms with Crippen LogP contribution in [-0.4, -0.2) is 28.0 Å². The monoisotopic (exact) mass is 392 g/mol. The Balaban J connectivity index is 1.69. The van der Waals surface area contributed by atoms with Crippen LogP contribution in [0.3, 0.4) is 0 Å². The van der Waals surface area contributed by atoms with E-state index in [0.29, 0.717) is 25.0 Å². The third-order valence-electron chi connectivity index (χ3n) is 5.13. The number of methoxy groups -OCH3 is 1. The van der Waals surface area contributed by atoms with Gasteiger partial charge in [0.25, 0.3) is 5.91 Å². The van der Waals surface area contributed by atoms with Crippen molar-refractivity contribution in [2.45, 2.75) is 51.1 Å². The number of alkyl halides is 3. The lowest BCUT2D eigenvalue weighted by Crippen LogP contribution is -2.22. The number of carbonyl (C=O) groups excluding carboxylic acids is 1. The van der Waals surface area contributed by atoms with Crippen LogP contribution in [0.4, 0.5) is 19.1 Å². The van der Waals surface area contributed by atoms with Crippen LogP contribution in [0.25, 0.3) is 0 Å². The number of fused-ring (bicyclic) bond motifs is 2. The van der Waals surface area contributed by atoms with Gasteiger partial charge in [-0.2, -0.15) is 13.2 Å². The summed E-state index contributed by atoms with van der Waals surface area (Å²) in [5.74, 6) is -0.837. The summed E-state index contributed by atoms with van der Waals surface area (Å²) in [6.07, 6.45) is 0.127. The molecule has 2 heterocycles. The SMILES string of the molecule is COc1nc2c(cc1C(=O)Nc1nc3c(c(C(F)(F)F)n1)CCCC3)CCC2. The topological polar surface area (TPSA) is 77.0 Å². The number of aromatic nitrogens is 3. The summed E-state index contributed by atoms with van der Waals surface area (Å²) in [6.45, 7) is 0. The maximum Gasteiger partial charge on any atom is 0.433 e. The molecule has 148 valence electrons. The Morgan fingerprint density at radius 3 is 2.54 bits per heavy atom. The molecule has 2 aromatic rings. The molecule has 2 aliphatic carbocycles. The van der Waals surface area contributed by atoms with E-state index < -0.39 is 17.8 Å². The number of carbonyl (C=O) groups is 1. The van der Waals surface area contributed by atoms with Gasteiger partial charge < -0.3 is 4.74 Å². The Hall–Kier alpha value is -2.71. The fourth-order valence-electron chi connectivity index (χ4n) is 3.82. The highest BCUT2D eigenvalue weighted by Crippen LogP contribution is 2.35. The molecular weight excluding hydrogens is 373 g/mol. The number of halogens is 3. The lowest BCUT2D eigenvalue weighted by Gasteiger charge is -2.20. The van der Waals surface area contributed by atoms with E-state index in [0.717, 1.165) is 36.9 Å². The first-order chi connectivity index (χ1) is 13.4. The Bertz CT molecular complexity index is 944. The molecule has 0 aliphatic heterocycles. The summed E-state index contributed by atoms with van der Waals surface area (Å²) < 4.78 is 45.6. The van der Waals surface area contributed by atoms with Gasteiger partial charge in [0, 0.05) is 17.0 Å². The molecule has 9 heteroatoms. The van der Waals surface area contributed by atoms with Crippen molar-refractivity contribution in [1.29, 1.82) is 0 Å². The first-order valence-corrected chi connectivity index (χ1v) is 9.22. The van der Waals surface area contributed by atoms with Gasteiger partial charge in [0.15, 0.2) is 5.69 Å². The summed E-state index contributed by atoms with van der Waals surface area (Å²) in [5.41, 5.74) is 1.52. The first-order valence-electron chi connectivity index (χ1n) is 9.22. The molecule has 0 bridgehead atoms. The number of nitrogens with zero attached hydrogens (tertiary/aromatic N) is 3. The first kappa shape index (κ1) is 18.6. The van der Waals surface area contributed by atoms with Crippen molar-refractivity contribution in [3.63, 3.8) is 0 Å². The van der Waals surface area contributed by atoms with Crippen LogP contribution in [0.15, 0.2) is 6.07 Å². The molecule has 6 nitrogen and oxygen atoms in total. The molecule has 1 amide bonds. The minimum absolute atomic E-state index is 0.133. The predicted octanol–water partition coefficient (Wildman–Crippen LogP) is 3.52. The van der Waals surface area contributed by atoms with Crippen LogP contribution in [0.1, 0.15) is 57.8 Å². The zero-order valence-corrected chi connectivity index (χ0v) is 15.3. The summed E-state index contributed by atoms with van der Waals surface area (Å²) in [7, 11) is 1.40. The van der Waals surface area contributed by atoms with E-state index in [1.54, 1.807) is 6.07 Å². The third kappa shape index (κ3) is 3.41. The van der Waals surface area contributed by atoms with Crippen LogP contribution < -0.4 is 10.1 Å². The van der Waals surface area contributed by atoms with Gasteiger partial charge >= 0.3 is 6.18 Å². The number of hydrogen-bond acceptors (Lipinski definition) is 5. The third-order valence-corrected chi connectivity index (χ3v) is 5.13. The molecule has 2 aromatic heterocycles. The Morgan fingerprint density at radius 2 is 1.79 bits per heavy atom. The summed E-state index contributed by atoms with van der Waals surface area (Å²) >= 11 is 0. The molecule has 1 N–H and O–H groups in total. The zero-order valence-electron chi connectivity index (χ0n) is 15.3. The maximum absolute atomic E-state index is 13.5. The molecule has 4 rings (SSSR count). The van der Waals surface area contributed by atoms with Crippen molar-refractivity contribution < 1.29 is 22.7 Å². The van der Waals surface area contributed by atoms with Gasteiger partial charge in [0.1, 0.15) is 5.56 Å². The lowest BCUT2D eigenvalue weighted by molar-refractivity contribution is -0.142. The second kappa shape index (κ2) is 7.03. The smallest absolute Gasteiger partial charge is 0.433 e. The van der Waals surface area contributed by atoms with E-state index in [-0.39, 0.29) is 23.0 Å². The summed E-state index contributed by atoms with van der Waals surface area (Å²) in [4.78, 5) is 24.9. The van der Waals surface area contributed by atoms with Crippen LogP contribution in [0.5, 0.6) is 5.88 Å². The van der Waals surface area contributed by atoms with Crippen LogP contribution >= 0.6 is 0 Å². The highest BCUT2D eigenvalue weighted by atomic mass is 19.4. The van der Waals surface area contributed by atoms with Gasteiger partial charge in [-0.15, -0.1) is 0 Å². The number of aryl methyl sites for hydroxylation is 3. The highest BCUT2D eigenvalue weighted by molar-refractivity contribution is 6.05. The fourth-order valence-corrected chi connectivity index (χ4v) is 3.82. The largest absolute Gasteiger partial charge is 0.480 e. The molecule has 28 heavy (non-hydrogen) atoms. The number of amides is 1. The number of nitrogens with one attached hydrogen (secondary N) is 1. The second-order valence-electron chi connectivity index (χ2n) is 6.98. The van der Waals surface area contributed by atoms with E-state index in [1.807, 2.05) is 0 Å². The maximum atomic E-state index is 13.5. The molecule has 0 unspecified atom stereocenters. The van der Waals surface area contributed by atoms with Crippen molar-refractivity contribution in [2.75, 3.05) is 12.4 Å². The Morgan fingerprint density at radius 1 is 1.04 bits per heavy atom. The molecule has 0 aromatic carbocycles. The summed E-state index contributed by atoms with van der Waals surface area (Å²) in [6, 6.07) is 1.69. The molecule has 0 saturated heterocycles. The van der Waals surface area contributed by atoms with Gasteiger partial charge in [-0.05, 0) is 56.6 Å². The average Bonchev–Trinajstić information content (AvgIpc) is 3.13. The second-order valence-corrected chi connectivity index (χ2v) is 6.98. The number of anilines is 1. The molecular formula is C19H19F3N4O2. The van der Waals surface area contributed by atoms with Crippen LogP contribution in [0.2, 0.25) is 0 Å². The zero-order chi connectivity index (χ0) is 19.9. The Kier molecular flexibility index (Phi) is 4.68. The number of rotatable bonds is 3. The molecule has 0 radical (unpaired) electrons. The minimum Gasteiger partial charge on any atom is -0.480 e. The summed E-state index contributed by atoms with van der Waals surface area (Å²) in [5, 5.41) is 2.41. The fraction of sp³-hybridized carbons (Fsp3) is 0.474. The minimum atomic E-state index is -4.60. The molecule has 0 spiro atoms. The Labute approximate surface area is 159 Å². The van der Waals surface area contributed by atoms with Gasteiger partial charge in [0.05, 0.1) is 7.11 Å². The number of ether oxygens (including phenoxy) is 1. The lowest BCUT2D eigenvalue weighted by atomic mass is 9.94. The van der Waals surface area contributed by atoms with Crippen LogP contribution in [0, 0.1) is 0 Å². The van der Waals surface area contributed by atoms with E-state index >= 15 is 0 Å². The van der Waals surface area contributed by atoms with Crippen molar-refractivity contribution in [1.82, 2.24) is 15.0 Å². The predicted molar refractivity (Wildman–Crippen MR) is 94.4 cm³/mol. The molecule has 2 aliphatic rings. The van der Waals surface area contributed by atoms with E-state index in [2.05, 4.69) is 20.3 Å². The molecule has 0 saturated carbocycles. The van der Waals surface area contributed by atoms with E-state index in [1.165, 1.54) is 7.11 Å². The highest BCUT2D eigenvalue weighted by Gasteiger charge is 2.38. The molecule has 0 atom stereocenters. The van der Waals surface area contributed by atoms with Crippen molar-refractivity contribution in [2.24, 2.45) is 0 Å². The normalized spacial score (nSPS) is 15.7. The van der Waals surface area contributed by atoms with Crippen molar-refractivity contribution in [3.05, 3.63) is 39.8 Å².